The minimum absolute atomic E-state index is 0.0674. The maximum atomic E-state index is 11.5. The molecular weight excluding hydrogens is 208 g/mol. The average Bonchev–Trinajstić information content (AvgIpc) is 2.29. The summed E-state index contributed by atoms with van der Waals surface area (Å²) in [5, 5.41) is 11.2. The number of rotatable bonds is 3. The number of nitrogens with one attached hydrogen (secondary N) is 1. The zero-order chi connectivity index (χ0) is 12.0. The Morgan fingerprint density at radius 2 is 2.12 bits per heavy atom. The van der Waals surface area contributed by atoms with E-state index in [0.717, 1.165) is 0 Å². The summed E-state index contributed by atoms with van der Waals surface area (Å²) >= 11 is 0. The highest BCUT2D eigenvalue weighted by Crippen LogP contribution is 1.99. The van der Waals surface area contributed by atoms with Gasteiger partial charge < -0.3 is 10.4 Å². The Hall–Kier alpha value is -2.35. The standard InChI is InChI=1S/C11H10N2O3/c1-2-3-7-12-10(14)8-5-4-6-9(13-8)11(15)16/h4-6H,7H2,1H3,(H,12,14)(H,15,16). The molecule has 0 radical (unpaired) electrons. The molecule has 0 saturated heterocycles. The Labute approximate surface area is 92.5 Å². The molecule has 16 heavy (non-hydrogen) atoms. The van der Waals surface area contributed by atoms with Crippen LogP contribution in [0, 0.1) is 11.8 Å². The Morgan fingerprint density at radius 3 is 2.75 bits per heavy atom. The van der Waals surface area contributed by atoms with E-state index in [2.05, 4.69) is 22.1 Å². The summed E-state index contributed by atoms with van der Waals surface area (Å²) in [5.74, 6) is 3.68. The molecule has 1 amide bonds. The second-order valence-electron chi connectivity index (χ2n) is 2.82. The molecule has 0 bridgehead atoms. The van der Waals surface area contributed by atoms with Gasteiger partial charge >= 0.3 is 5.97 Å². The van der Waals surface area contributed by atoms with Crippen LogP contribution in [0.5, 0.6) is 0 Å². The normalized spacial score (nSPS) is 8.81. The van der Waals surface area contributed by atoms with Gasteiger partial charge in [-0.15, -0.1) is 5.92 Å². The maximum Gasteiger partial charge on any atom is 0.354 e. The van der Waals surface area contributed by atoms with Gasteiger partial charge in [0.2, 0.25) is 0 Å². The minimum atomic E-state index is -1.16. The summed E-state index contributed by atoms with van der Waals surface area (Å²) in [6.07, 6.45) is 0. The molecule has 0 aromatic carbocycles. The van der Waals surface area contributed by atoms with Crippen molar-refractivity contribution in [3.8, 4) is 11.8 Å². The first-order chi connectivity index (χ1) is 7.65. The number of nitrogens with zero attached hydrogens (tertiary/aromatic N) is 1. The van der Waals surface area contributed by atoms with E-state index < -0.39 is 11.9 Å². The molecule has 5 nitrogen and oxygen atoms in total. The fourth-order valence-corrected chi connectivity index (χ4v) is 0.984. The number of carbonyl (C=O) groups is 2. The van der Waals surface area contributed by atoms with Crippen molar-refractivity contribution in [3.05, 3.63) is 29.6 Å². The number of aromatic nitrogens is 1. The molecule has 0 spiro atoms. The molecular formula is C11H10N2O3. The SMILES string of the molecule is CC#CCNC(=O)c1cccc(C(=O)O)n1. The number of hydrogen-bond donors (Lipinski definition) is 2. The number of hydrogen-bond acceptors (Lipinski definition) is 3. The van der Waals surface area contributed by atoms with E-state index in [1.165, 1.54) is 18.2 Å². The Morgan fingerprint density at radius 1 is 1.44 bits per heavy atom. The van der Waals surface area contributed by atoms with Gasteiger partial charge in [-0.3, -0.25) is 4.79 Å². The van der Waals surface area contributed by atoms with Crippen LogP contribution in [0.1, 0.15) is 27.9 Å². The first-order valence-electron chi connectivity index (χ1n) is 4.53. The summed E-state index contributed by atoms with van der Waals surface area (Å²) in [7, 11) is 0. The molecule has 1 aromatic heterocycles. The van der Waals surface area contributed by atoms with Crippen molar-refractivity contribution in [3.63, 3.8) is 0 Å². The number of carboxylic acid groups (broad SMARTS) is 1. The second kappa shape index (κ2) is 5.51. The number of carbonyl (C=O) groups excluding carboxylic acids is 1. The molecule has 0 saturated carbocycles. The molecule has 82 valence electrons. The zero-order valence-electron chi connectivity index (χ0n) is 8.65. The summed E-state index contributed by atoms with van der Waals surface area (Å²) in [5.41, 5.74) is -0.0907. The van der Waals surface area contributed by atoms with E-state index in [-0.39, 0.29) is 17.9 Å². The number of aromatic carboxylic acids is 1. The van der Waals surface area contributed by atoms with Crippen LogP contribution in [-0.4, -0.2) is 28.5 Å². The van der Waals surface area contributed by atoms with E-state index in [0.29, 0.717) is 0 Å². The van der Waals surface area contributed by atoms with Gasteiger partial charge in [0.1, 0.15) is 11.4 Å². The predicted molar refractivity (Wildman–Crippen MR) is 57.0 cm³/mol. The first-order valence-corrected chi connectivity index (χ1v) is 4.53. The van der Waals surface area contributed by atoms with Crippen LogP contribution in [0.3, 0.4) is 0 Å². The highest BCUT2D eigenvalue weighted by atomic mass is 16.4. The Balaban J connectivity index is 2.78. The largest absolute Gasteiger partial charge is 0.477 e. The summed E-state index contributed by atoms with van der Waals surface area (Å²) in [6, 6.07) is 4.24. The average molecular weight is 218 g/mol. The number of carboxylic acids is 1. The van der Waals surface area contributed by atoms with Crippen molar-refractivity contribution >= 4 is 11.9 Å². The van der Waals surface area contributed by atoms with Crippen molar-refractivity contribution in [1.82, 2.24) is 10.3 Å². The lowest BCUT2D eigenvalue weighted by Crippen LogP contribution is -2.25. The molecule has 1 aromatic rings. The third-order valence-corrected chi connectivity index (χ3v) is 1.71. The van der Waals surface area contributed by atoms with Crippen molar-refractivity contribution in [2.75, 3.05) is 6.54 Å². The van der Waals surface area contributed by atoms with Crippen molar-refractivity contribution in [1.29, 1.82) is 0 Å². The van der Waals surface area contributed by atoms with Gasteiger partial charge in [-0.05, 0) is 19.1 Å². The van der Waals surface area contributed by atoms with E-state index in [1.54, 1.807) is 6.92 Å². The lowest BCUT2D eigenvalue weighted by Gasteiger charge is -2.01. The van der Waals surface area contributed by atoms with E-state index in [4.69, 9.17) is 5.11 Å². The van der Waals surface area contributed by atoms with Gasteiger partial charge in [0.15, 0.2) is 0 Å². The van der Waals surface area contributed by atoms with Crippen LogP contribution in [0.25, 0.3) is 0 Å². The molecule has 0 aliphatic heterocycles. The zero-order valence-corrected chi connectivity index (χ0v) is 8.65. The highest BCUT2D eigenvalue weighted by molar-refractivity contribution is 5.94. The highest BCUT2D eigenvalue weighted by Gasteiger charge is 2.09. The maximum absolute atomic E-state index is 11.5. The third-order valence-electron chi connectivity index (χ3n) is 1.71. The molecule has 0 aliphatic rings. The summed E-state index contributed by atoms with van der Waals surface area (Å²) in [6.45, 7) is 1.88. The lowest BCUT2D eigenvalue weighted by molar-refractivity contribution is 0.0690. The molecule has 0 unspecified atom stereocenters. The molecule has 2 N–H and O–H groups in total. The Bertz CT molecular complexity index is 472. The monoisotopic (exact) mass is 218 g/mol. The summed E-state index contributed by atoms with van der Waals surface area (Å²) in [4.78, 5) is 25.8. The summed E-state index contributed by atoms with van der Waals surface area (Å²) < 4.78 is 0. The van der Waals surface area contributed by atoms with Crippen molar-refractivity contribution < 1.29 is 14.7 Å². The van der Waals surface area contributed by atoms with Gasteiger partial charge in [0, 0.05) is 0 Å². The fourth-order valence-electron chi connectivity index (χ4n) is 0.984. The van der Waals surface area contributed by atoms with Crippen LogP contribution in [-0.2, 0) is 0 Å². The lowest BCUT2D eigenvalue weighted by atomic mass is 10.3. The van der Waals surface area contributed by atoms with Gasteiger partial charge in [-0.25, -0.2) is 9.78 Å². The quantitative estimate of drug-likeness (QED) is 0.725. The molecule has 0 fully saturated rings. The molecule has 0 aliphatic carbocycles. The van der Waals surface area contributed by atoms with E-state index >= 15 is 0 Å². The fraction of sp³-hybridized carbons (Fsp3) is 0.182. The Kier molecular flexibility index (Phi) is 4.04. The first kappa shape index (κ1) is 11.7. The van der Waals surface area contributed by atoms with Crippen LogP contribution in [0.15, 0.2) is 18.2 Å². The van der Waals surface area contributed by atoms with Gasteiger partial charge in [0.25, 0.3) is 5.91 Å². The van der Waals surface area contributed by atoms with Gasteiger partial charge in [-0.2, -0.15) is 0 Å². The number of pyridine rings is 1. The van der Waals surface area contributed by atoms with Gasteiger partial charge in [-0.1, -0.05) is 12.0 Å². The van der Waals surface area contributed by atoms with E-state index in [9.17, 15) is 9.59 Å². The van der Waals surface area contributed by atoms with Crippen LogP contribution in [0.4, 0.5) is 0 Å². The second-order valence-corrected chi connectivity index (χ2v) is 2.82. The van der Waals surface area contributed by atoms with Crippen molar-refractivity contribution in [2.24, 2.45) is 0 Å². The minimum Gasteiger partial charge on any atom is -0.477 e. The topological polar surface area (TPSA) is 79.3 Å². The van der Waals surface area contributed by atoms with E-state index in [1.807, 2.05) is 0 Å². The van der Waals surface area contributed by atoms with Crippen LogP contribution in [0.2, 0.25) is 0 Å². The van der Waals surface area contributed by atoms with Crippen molar-refractivity contribution in [2.45, 2.75) is 6.92 Å². The third kappa shape index (κ3) is 3.10. The molecule has 5 heteroatoms. The molecule has 0 atom stereocenters. The smallest absolute Gasteiger partial charge is 0.354 e. The molecule has 1 rings (SSSR count). The predicted octanol–water partition coefficient (Wildman–Crippen LogP) is 0.533. The van der Waals surface area contributed by atoms with Gasteiger partial charge in [0.05, 0.1) is 6.54 Å². The number of amides is 1. The molecule has 1 heterocycles. The van der Waals surface area contributed by atoms with Crippen LogP contribution < -0.4 is 5.32 Å². The van der Waals surface area contributed by atoms with Crippen LogP contribution >= 0.6 is 0 Å².